The summed E-state index contributed by atoms with van der Waals surface area (Å²) in [7, 11) is 0. The molecule has 27 heavy (non-hydrogen) atoms. The van der Waals surface area contributed by atoms with E-state index in [0.717, 1.165) is 40.8 Å². The fourth-order valence-corrected chi connectivity index (χ4v) is 4.12. The number of benzene rings is 1. The summed E-state index contributed by atoms with van der Waals surface area (Å²) in [6.45, 7) is 7.82. The largest absolute Gasteiger partial charge is 0.318 e. The van der Waals surface area contributed by atoms with E-state index in [2.05, 4.69) is 10.6 Å². The number of aromatic nitrogens is 1. The summed E-state index contributed by atoms with van der Waals surface area (Å²) >= 11 is 0.998. The molecule has 0 N–H and O–H groups in total. The Morgan fingerprint density at radius 1 is 1.22 bits per heavy atom. The molecule has 6 heteroatoms. The Labute approximate surface area is 163 Å². The summed E-state index contributed by atoms with van der Waals surface area (Å²) in [6.07, 6.45) is 2.54. The van der Waals surface area contributed by atoms with Crippen LogP contribution in [0.5, 0.6) is 0 Å². The highest BCUT2D eigenvalue weighted by Gasteiger charge is 2.37. The van der Waals surface area contributed by atoms with E-state index in [0.29, 0.717) is 10.5 Å². The smallest absolute Gasteiger partial charge is 0.293 e. The van der Waals surface area contributed by atoms with Crippen molar-refractivity contribution in [1.29, 1.82) is 5.26 Å². The first-order chi connectivity index (χ1) is 12.9. The van der Waals surface area contributed by atoms with Crippen LogP contribution in [0.4, 0.5) is 4.79 Å². The standard InChI is InChI=1S/C21H21N3O2S/c1-5-13(2)24-20(25)19(27-21(24)26)11-17-10-14(3)23(15(17)4)18-8-6-16(12-22)7-9-18/h6-11,13H,5H2,1-4H3/b19-11+/t13-/m0/s1. The number of nitrogens with zero attached hydrogens (tertiary/aromatic N) is 3. The number of thioether (sulfide) groups is 1. The minimum atomic E-state index is -0.220. The number of imide groups is 1. The maximum absolute atomic E-state index is 12.6. The maximum atomic E-state index is 12.6. The van der Waals surface area contributed by atoms with E-state index in [1.165, 1.54) is 4.90 Å². The lowest BCUT2D eigenvalue weighted by atomic mass is 10.2. The molecule has 2 amide bonds. The van der Waals surface area contributed by atoms with E-state index in [1.54, 1.807) is 18.2 Å². The molecule has 1 fully saturated rings. The van der Waals surface area contributed by atoms with Crippen LogP contribution in [0.1, 0.15) is 42.8 Å². The van der Waals surface area contributed by atoms with Crippen LogP contribution in [0.2, 0.25) is 0 Å². The molecule has 1 aromatic carbocycles. The molecule has 2 aromatic rings. The van der Waals surface area contributed by atoms with E-state index in [-0.39, 0.29) is 17.2 Å². The molecule has 0 aliphatic carbocycles. The zero-order chi connectivity index (χ0) is 19.7. The zero-order valence-electron chi connectivity index (χ0n) is 15.8. The van der Waals surface area contributed by atoms with Crippen LogP contribution in [0, 0.1) is 25.2 Å². The van der Waals surface area contributed by atoms with Gasteiger partial charge in [0.2, 0.25) is 0 Å². The number of aryl methyl sites for hydroxylation is 1. The average Bonchev–Trinajstić information content (AvgIpc) is 3.10. The van der Waals surface area contributed by atoms with Crippen LogP contribution >= 0.6 is 11.8 Å². The monoisotopic (exact) mass is 379 g/mol. The van der Waals surface area contributed by atoms with Gasteiger partial charge in [0, 0.05) is 23.1 Å². The molecule has 0 radical (unpaired) electrons. The van der Waals surface area contributed by atoms with Gasteiger partial charge >= 0.3 is 0 Å². The first kappa shape index (κ1) is 19.0. The highest BCUT2D eigenvalue weighted by Crippen LogP contribution is 2.35. The molecule has 3 rings (SSSR count). The summed E-state index contributed by atoms with van der Waals surface area (Å²) in [4.78, 5) is 26.7. The molecular formula is C21H21N3O2S. The molecule has 1 aliphatic heterocycles. The Hall–Kier alpha value is -2.78. The predicted molar refractivity (Wildman–Crippen MR) is 108 cm³/mol. The summed E-state index contributed by atoms with van der Waals surface area (Å²) in [6, 6.07) is 11.4. The van der Waals surface area contributed by atoms with Crippen molar-refractivity contribution in [2.24, 2.45) is 0 Å². The van der Waals surface area contributed by atoms with Crippen molar-refractivity contribution in [3.63, 3.8) is 0 Å². The molecule has 1 saturated heterocycles. The van der Waals surface area contributed by atoms with Gasteiger partial charge in [0.1, 0.15) is 0 Å². The van der Waals surface area contributed by atoms with Crippen molar-refractivity contribution in [2.75, 3.05) is 0 Å². The Balaban J connectivity index is 1.97. The van der Waals surface area contributed by atoms with Crippen LogP contribution in [-0.4, -0.2) is 26.7 Å². The minimum Gasteiger partial charge on any atom is -0.318 e. The number of nitriles is 1. The molecule has 138 valence electrons. The van der Waals surface area contributed by atoms with Crippen LogP contribution in [0.3, 0.4) is 0 Å². The normalized spacial score (nSPS) is 16.9. The summed E-state index contributed by atoms with van der Waals surface area (Å²) in [5.41, 5.74) is 4.47. The van der Waals surface area contributed by atoms with Crippen LogP contribution in [0.25, 0.3) is 11.8 Å². The van der Waals surface area contributed by atoms with Crippen molar-refractivity contribution >= 4 is 29.0 Å². The van der Waals surface area contributed by atoms with Gasteiger partial charge in [0.15, 0.2) is 0 Å². The second-order valence-corrected chi connectivity index (χ2v) is 7.62. The molecule has 0 saturated carbocycles. The van der Waals surface area contributed by atoms with Gasteiger partial charge in [0.05, 0.1) is 16.5 Å². The first-order valence-electron chi connectivity index (χ1n) is 8.84. The lowest BCUT2D eigenvalue weighted by Crippen LogP contribution is -2.36. The van der Waals surface area contributed by atoms with E-state index in [4.69, 9.17) is 5.26 Å². The molecule has 2 heterocycles. The van der Waals surface area contributed by atoms with Gasteiger partial charge in [-0.1, -0.05) is 6.92 Å². The first-order valence-corrected chi connectivity index (χ1v) is 9.65. The third-order valence-corrected chi connectivity index (χ3v) is 5.75. The number of amides is 2. The van der Waals surface area contributed by atoms with Gasteiger partial charge in [-0.05, 0) is 80.9 Å². The highest BCUT2D eigenvalue weighted by atomic mass is 32.2. The van der Waals surface area contributed by atoms with Crippen molar-refractivity contribution in [2.45, 2.75) is 40.2 Å². The van der Waals surface area contributed by atoms with Crippen molar-refractivity contribution in [1.82, 2.24) is 9.47 Å². The van der Waals surface area contributed by atoms with Gasteiger partial charge in [-0.15, -0.1) is 0 Å². The number of carbonyl (C=O) groups excluding carboxylic acids is 2. The molecule has 0 bridgehead atoms. The van der Waals surface area contributed by atoms with Gasteiger partial charge in [0.25, 0.3) is 11.1 Å². The van der Waals surface area contributed by atoms with Crippen molar-refractivity contribution in [3.05, 3.63) is 57.8 Å². The second-order valence-electron chi connectivity index (χ2n) is 6.63. The van der Waals surface area contributed by atoms with Gasteiger partial charge in [-0.2, -0.15) is 5.26 Å². The number of carbonyl (C=O) groups is 2. The fraction of sp³-hybridized carbons (Fsp3) is 0.286. The van der Waals surface area contributed by atoms with E-state index >= 15 is 0 Å². The third-order valence-electron chi connectivity index (χ3n) is 4.87. The van der Waals surface area contributed by atoms with Crippen molar-refractivity contribution < 1.29 is 9.59 Å². The molecule has 0 spiro atoms. The van der Waals surface area contributed by atoms with Crippen LogP contribution in [-0.2, 0) is 4.79 Å². The zero-order valence-corrected chi connectivity index (χ0v) is 16.6. The van der Waals surface area contributed by atoms with E-state index in [9.17, 15) is 9.59 Å². The number of hydrogen-bond donors (Lipinski definition) is 0. The van der Waals surface area contributed by atoms with Crippen LogP contribution < -0.4 is 0 Å². The number of hydrogen-bond acceptors (Lipinski definition) is 4. The maximum Gasteiger partial charge on any atom is 0.293 e. The molecule has 1 aliphatic rings. The van der Waals surface area contributed by atoms with Crippen molar-refractivity contribution in [3.8, 4) is 11.8 Å². The number of rotatable bonds is 4. The van der Waals surface area contributed by atoms with E-state index in [1.807, 2.05) is 45.9 Å². The molecule has 1 atom stereocenters. The third kappa shape index (κ3) is 3.43. The lowest BCUT2D eigenvalue weighted by Gasteiger charge is -2.19. The highest BCUT2D eigenvalue weighted by molar-refractivity contribution is 8.18. The lowest BCUT2D eigenvalue weighted by molar-refractivity contribution is -0.124. The SMILES string of the molecule is CC[C@H](C)N1C(=O)S/C(=C/c2cc(C)n(-c3ccc(C#N)cc3)c2C)C1=O. The topological polar surface area (TPSA) is 66.1 Å². The second kappa shape index (κ2) is 7.45. The Morgan fingerprint density at radius 3 is 2.48 bits per heavy atom. The summed E-state index contributed by atoms with van der Waals surface area (Å²) in [5, 5.41) is 8.76. The molecule has 1 aromatic heterocycles. The molecule has 5 nitrogen and oxygen atoms in total. The Bertz CT molecular complexity index is 980. The Kier molecular flexibility index (Phi) is 5.24. The van der Waals surface area contributed by atoms with Gasteiger partial charge in [-0.25, -0.2) is 0 Å². The van der Waals surface area contributed by atoms with E-state index < -0.39 is 0 Å². The molecule has 0 unspecified atom stereocenters. The van der Waals surface area contributed by atoms with Gasteiger partial charge < -0.3 is 4.57 Å². The summed E-state index contributed by atoms with van der Waals surface area (Å²) in [5.74, 6) is -0.220. The minimum absolute atomic E-state index is 0.102. The summed E-state index contributed by atoms with van der Waals surface area (Å²) < 4.78 is 2.08. The Morgan fingerprint density at radius 2 is 1.89 bits per heavy atom. The van der Waals surface area contributed by atoms with Crippen LogP contribution in [0.15, 0.2) is 35.2 Å². The predicted octanol–water partition coefficient (Wildman–Crippen LogP) is 4.80. The fourth-order valence-electron chi connectivity index (χ4n) is 3.20. The van der Waals surface area contributed by atoms with Gasteiger partial charge in [-0.3, -0.25) is 14.5 Å². The molecular weight excluding hydrogens is 358 g/mol. The quantitative estimate of drug-likeness (QED) is 0.716. The average molecular weight is 379 g/mol.